The number of hydrogen-bond acceptors (Lipinski definition) is 5. The maximum atomic E-state index is 13.1. The first-order valence-electron chi connectivity index (χ1n) is 9.79. The van der Waals surface area contributed by atoms with Crippen LogP contribution in [0.25, 0.3) is 10.9 Å². The van der Waals surface area contributed by atoms with Gasteiger partial charge < -0.3 is 10.5 Å². The number of aryl methyl sites for hydroxylation is 1. The van der Waals surface area contributed by atoms with Crippen LogP contribution in [0, 0.1) is 11.3 Å². The van der Waals surface area contributed by atoms with Crippen molar-refractivity contribution in [1.29, 1.82) is 0 Å². The van der Waals surface area contributed by atoms with Crippen molar-refractivity contribution in [2.45, 2.75) is 53.1 Å². The summed E-state index contributed by atoms with van der Waals surface area (Å²) in [5, 5.41) is 2.64. The third kappa shape index (κ3) is 4.39. The monoisotopic (exact) mass is 397 g/mol. The fraction of sp³-hybridized carbons (Fsp3) is 0.455. The molecule has 0 saturated carbocycles. The molecule has 7 heteroatoms. The molecule has 1 aliphatic rings. The second-order valence-corrected chi connectivity index (χ2v) is 8.64. The predicted molar refractivity (Wildman–Crippen MR) is 109 cm³/mol. The number of primary amides is 1. The number of rotatable bonds is 3. The van der Waals surface area contributed by atoms with E-state index in [1.807, 2.05) is 29.6 Å². The van der Waals surface area contributed by atoms with Crippen molar-refractivity contribution in [3.63, 3.8) is 0 Å². The van der Waals surface area contributed by atoms with Crippen LogP contribution in [-0.2, 0) is 22.4 Å². The highest BCUT2D eigenvalue weighted by Crippen LogP contribution is 2.39. The Labute approximate surface area is 170 Å². The molecule has 29 heavy (non-hydrogen) atoms. The average Bonchev–Trinajstić information content (AvgIpc) is 2.64. The van der Waals surface area contributed by atoms with E-state index in [4.69, 9.17) is 15.5 Å². The second kappa shape index (κ2) is 7.81. The number of nitrogens with zero attached hydrogens (tertiary/aromatic N) is 1. The highest BCUT2D eigenvalue weighted by atomic mass is 16.5. The SMILES string of the molecule is CC(OC(=O)c1c2c(nc3ccccc13)CCC(C(C)(C)C)C2)C(=O)NC(N)=O. The number of pyridine rings is 1. The molecule has 3 amide bonds. The van der Waals surface area contributed by atoms with Crippen molar-refractivity contribution in [3.8, 4) is 0 Å². The minimum absolute atomic E-state index is 0.0964. The fourth-order valence-electron chi connectivity index (χ4n) is 3.86. The Morgan fingerprint density at radius 1 is 1.24 bits per heavy atom. The lowest BCUT2D eigenvalue weighted by molar-refractivity contribution is -0.127. The van der Waals surface area contributed by atoms with Crippen LogP contribution in [0.5, 0.6) is 0 Å². The minimum Gasteiger partial charge on any atom is -0.449 e. The van der Waals surface area contributed by atoms with Crippen LogP contribution in [0.3, 0.4) is 0 Å². The number of carbonyl (C=O) groups is 3. The van der Waals surface area contributed by atoms with Gasteiger partial charge in [-0.25, -0.2) is 9.59 Å². The lowest BCUT2D eigenvalue weighted by Crippen LogP contribution is -2.42. The van der Waals surface area contributed by atoms with Crippen LogP contribution in [0.1, 0.15) is 55.7 Å². The van der Waals surface area contributed by atoms with Crippen LogP contribution in [0.2, 0.25) is 0 Å². The zero-order valence-electron chi connectivity index (χ0n) is 17.2. The van der Waals surface area contributed by atoms with Gasteiger partial charge in [-0.1, -0.05) is 39.0 Å². The molecule has 7 nitrogen and oxygen atoms in total. The van der Waals surface area contributed by atoms with Crippen LogP contribution >= 0.6 is 0 Å². The van der Waals surface area contributed by atoms with Crippen molar-refractivity contribution < 1.29 is 19.1 Å². The molecule has 2 atom stereocenters. The highest BCUT2D eigenvalue weighted by Gasteiger charge is 2.33. The predicted octanol–water partition coefficient (Wildman–Crippen LogP) is 3.13. The van der Waals surface area contributed by atoms with E-state index in [1.165, 1.54) is 6.92 Å². The number of amides is 3. The van der Waals surface area contributed by atoms with Gasteiger partial charge in [0.25, 0.3) is 5.91 Å². The largest absolute Gasteiger partial charge is 0.449 e. The van der Waals surface area contributed by atoms with Gasteiger partial charge in [0.15, 0.2) is 6.10 Å². The van der Waals surface area contributed by atoms with Crippen LogP contribution < -0.4 is 11.1 Å². The molecule has 154 valence electrons. The second-order valence-electron chi connectivity index (χ2n) is 8.64. The number of benzene rings is 1. The summed E-state index contributed by atoms with van der Waals surface area (Å²) in [5.74, 6) is -0.952. The number of carbonyl (C=O) groups excluding carboxylic acids is 3. The van der Waals surface area contributed by atoms with Gasteiger partial charge in [0.1, 0.15) is 0 Å². The normalized spacial score (nSPS) is 17.3. The molecule has 1 aliphatic carbocycles. The standard InChI is InChI=1S/C22H27N3O4/c1-12(19(26)25-21(23)28)29-20(27)18-14-7-5-6-8-16(14)24-17-10-9-13(11-15(17)18)22(2,3)4/h5-8,12-13H,9-11H2,1-4H3,(H3,23,25,26,28). The summed E-state index contributed by atoms with van der Waals surface area (Å²) in [7, 11) is 0. The maximum Gasteiger partial charge on any atom is 0.339 e. The molecular weight excluding hydrogens is 370 g/mol. The van der Waals surface area contributed by atoms with E-state index < -0.39 is 24.0 Å². The fourth-order valence-corrected chi connectivity index (χ4v) is 3.86. The first-order valence-corrected chi connectivity index (χ1v) is 9.79. The summed E-state index contributed by atoms with van der Waals surface area (Å²) < 4.78 is 5.41. The Bertz CT molecular complexity index is 978. The molecule has 3 N–H and O–H groups in total. The van der Waals surface area contributed by atoms with E-state index in [9.17, 15) is 14.4 Å². The molecule has 0 radical (unpaired) electrons. The van der Waals surface area contributed by atoms with E-state index in [1.54, 1.807) is 0 Å². The molecule has 3 rings (SSSR count). The number of nitrogens with one attached hydrogen (secondary N) is 1. The van der Waals surface area contributed by atoms with E-state index in [0.29, 0.717) is 16.9 Å². The van der Waals surface area contributed by atoms with E-state index in [-0.39, 0.29) is 5.41 Å². The summed E-state index contributed by atoms with van der Waals surface area (Å²) in [6, 6.07) is 6.44. The number of imide groups is 1. The van der Waals surface area contributed by atoms with Crippen molar-refractivity contribution in [2.75, 3.05) is 0 Å². The Morgan fingerprint density at radius 2 is 1.93 bits per heavy atom. The van der Waals surface area contributed by atoms with E-state index in [2.05, 4.69) is 20.8 Å². The van der Waals surface area contributed by atoms with Crippen molar-refractivity contribution in [3.05, 3.63) is 41.1 Å². The smallest absolute Gasteiger partial charge is 0.339 e. The van der Waals surface area contributed by atoms with Gasteiger partial charge in [-0.05, 0) is 49.1 Å². The number of nitrogens with two attached hydrogens (primary N) is 1. The van der Waals surface area contributed by atoms with Crippen LogP contribution in [0.4, 0.5) is 4.79 Å². The number of ether oxygens (including phenoxy) is 1. The number of hydrogen-bond donors (Lipinski definition) is 2. The molecule has 1 aromatic carbocycles. The quantitative estimate of drug-likeness (QED) is 0.773. The zero-order chi connectivity index (χ0) is 21.3. The molecular formula is C22H27N3O4. The molecule has 2 aromatic rings. The first-order chi connectivity index (χ1) is 13.6. The van der Waals surface area contributed by atoms with Gasteiger partial charge in [-0.3, -0.25) is 15.1 Å². The first kappa shape index (κ1) is 20.8. The van der Waals surface area contributed by atoms with E-state index >= 15 is 0 Å². The van der Waals surface area contributed by atoms with Gasteiger partial charge in [0.2, 0.25) is 0 Å². The van der Waals surface area contributed by atoms with Gasteiger partial charge in [0, 0.05) is 11.1 Å². The highest BCUT2D eigenvalue weighted by molar-refractivity contribution is 6.06. The molecule has 1 heterocycles. The molecule has 1 aromatic heterocycles. The maximum absolute atomic E-state index is 13.1. The molecule has 0 bridgehead atoms. The third-order valence-corrected chi connectivity index (χ3v) is 5.59. The lowest BCUT2D eigenvalue weighted by atomic mass is 9.70. The molecule has 0 fully saturated rings. The van der Waals surface area contributed by atoms with Crippen molar-refractivity contribution in [2.24, 2.45) is 17.1 Å². The molecule has 0 saturated heterocycles. The van der Waals surface area contributed by atoms with Gasteiger partial charge >= 0.3 is 12.0 Å². The average molecular weight is 397 g/mol. The summed E-state index contributed by atoms with van der Waals surface area (Å²) >= 11 is 0. The number of urea groups is 1. The Kier molecular flexibility index (Phi) is 5.59. The van der Waals surface area contributed by atoms with Crippen molar-refractivity contribution >= 4 is 28.8 Å². The third-order valence-electron chi connectivity index (χ3n) is 5.59. The summed E-state index contributed by atoms with van der Waals surface area (Å²) in [5.41, 5.74) is 8.05. The Balaban J connectivity index is 2.02. The topological polar surface area (TPSA) is 111 Å². The van der Waals surface area contributed by atoms with Gasteiger partial charge in [-0.2, -0.15) is 0 Å². The lowest BCUT2D eigenvalue weighted by Gasteiger charge is -2.35. The Morgan fingerprint density at radius 3 is 2.59 bits per heavy atom. The van der Waals surface area contributed by atoms with Crippen LogP contribution in [0.15, 0.2) is 24.3 Å². The summed E-state index contributed by atoms with van der Waals surface area (Å²) in [6.45, 7) is 8.01. The molecule has 2 unspecified atom stereocenters. The molecule has 0 spiro atoms. The van der Waals surface area contributed by atoms with E-state index in [0.717, 1.165) is 36.0 Å². The number of esters is 1. The summed E-state index contributed by atoms with van der Waals surface area (Å²) in [6.07, 6.45) is 1.37. The zero-order valence-corrected chi connectivity index (χ0v) is 17.2. The molecule has 0 aliphatic heterocycles. The van der Waals surface area contributed by atoms with Crippen molar-refractivity contribution in [1.82, 2.24) is 10.3 Å². The van der Waals surface area contributed by atoms with Crippen LogP contribution in [-0.4, -0.2) is 29.0 Å². The number of para-hydroxylation sites is 1. The van der Waals surface area contributed by atoms with Gasteiger partial charge in [0.05, 0.1) is 11.1 Å². The summed E-state index contributed by atoms with van der Waals surface area (Å²) in [4.78, 5) is 40.8. The Hall–Kier alpha value is -2.96. The minimum atomic E-state index is -1.15. The van der Waals surface area contributed by atoms with Gasteiger partial charge in [-0.15, -0.1) is 0 Å². The number of aromatic nitrogens is 1. The number of fused-ring (bicyclic) bond motifs is 2.